The van der Waals surface area contributed by atoms with Crippen molar-refractivity contribution in [1.29, 1.82) is 0 Å². The molecule has 4 rings (SSSR count). The summed E-state index contributed by atoms with van der Waals surface area (Å²) < 4.78 is 37.6. The molecule has 9 heteroatoms. The maximum absolute atomic E-state index is 12.8. The Balaban J connectivity index is 1.46. The summed E-state index contributed by atoms with van der Waals surface area (Å²) in [6, 6.07) is 7.98. The second-order valence-corrected chi connectivity index (χ2v) is 7.89. The summed E-state index contributed by atoms with van der Waals surface area (Å²) in [6.07, 6.45) is 3.12. The Labute approximate surface area is 151 Å². The van der Waals surface area contributed by atoms with Crippen molar-refractivity contribution < 1.29 is 22.7 Å². The predicted octanol–water partition coefficient (Wildman–Crippen LogP) is 0.957. The smallest absolute Gasteiger partial charge is 0.255 e. The highest BCUT2D eigenvalue weighted by atomic mass is 32.2. The van der Waals surface area contributed by atoms with Gasteiger partial charge in [0.05, 0.1) is 10.5 Å². The predicted molar refractivity (Wildman–Crippen MR) is 91.5 cm³/mol. The quantitative estimate of drug-likeness (QED) is 0.794. The average molecular weight is 375 g/mol. The molecule has 0 bridgehead atoms. The van der Waals surface area contributed by atoms with Crippen molar-refractivity contribution in [2.24, 2.45) is 0 Å². The Bertz CT molecular complexity index is 925. The van der Waals surface area contributed by atoms with Crippen LogP contribution in [0.25, 0.3) is 0 Å². The number of sulfonamides is 1. The Hall–Kier alpha value is -2.65. The molecule has 26 heavy (non-hydrogen) atoms. The molecule has 0 radical (unpaired) electrons. The summed E-state index contributed by atoms with van der Waals surface area (Å²) in [7, 11) is -3.65. The molecular weight excluding hydrogens is 358 g/mol. The molecule has 2 aliphatic heterocycles. The van der Waals surface area contributed by atoms with Crippen LogP contribution in [0.2, 0.25) is 0 Å². The summed E-state index contributed by atoms with van der Waals surface area (Å²) in [4.78, 5) is 18.2. The minimum absolute atomic E-state index is 0.0912. The number of rotatable bonds is 3. The Kier molecular flexibility index (Phi) is 4.25. The third-order valence-corrected chi connectivity index (χ3v) is 6.31. The molecule has 0 unspecified atom stereocenters. The van der Waals surface area contributed by atoms with E-state index in [1.807, 2.05) is 0 Å². The van der Waals surface area contributed by atoms with Crippen LogP contribution < -0.4 is 9.47 Å². The van der Waals surface area contributed by atoms with Gasteiger partial charge in [-0.1, -0.05) is 0 Å². The topological polar surface area (TPSA) is 89.0 Å². The number of hydrogen-bond acceptors (Lipinski definition) is 6. The number of fused-ring (bicyclic) bond motifs is 1. The molecule has 0 N–H and O–H groups in total. The molecule has 0 aliphatic carbocycles. The minimum atomic E-state index is -3.65. The minimum Gasteiger partial charge on any atom is -0.454 e. The number of carbonyl (C=O) groups excluding carboxylic acids is 1. The summed E-state index contributed by atoms with van der Waals surface area (Å²) in [5.41, 5.74) is 0.500. The summed E-state index contributed by atoms with van der Waals surface area (Å²) in [6.45, 7) is 1.23. The lowest BCUT2D eigenvalue weighted by molar-refractivity contribution is 0.0697. The molecule has 3 heterocycles. The molecule has 2 aliphatic rings. The Morgan fingerprint density at radius 2 is 1.81 bits per heavy atom. The number of hydrogen-bond donors (Lipinski definition) is 0. The van der Waals surface area contributed by atoms with Gasteiger partial charge < -0.3 is 14.4 Å². The number of nitrogens with zero attached hydrogens (tertiary/aromatic N) is 3. The normalized spacial score (nSPS) is 17.3. The van der Waals surface area contributed by atoms with Gasteiger partial charge in [-0.2, -0.15) is 4.31 Å². The fourth-order valence-electron chi connectivity index (χ4n) is 2.99. The van der Waals surface area contributed by atoms with Crippen LogP contribution in [0.4, 0.5) is 0 Å². The lowest BCUT2D eigenvalue weighted by Gasteiger charge is -2.34. The van der Waals surface area contributed by atoms with Gasteiger partial charge in [-0.05, 0) is 24.3 Å². The van der Waals surface area contributed by atoms with Gasteiger partial charge in [-0.15, -0.1) is 0 Å². The van der Waals surface area contributed by atoms with Gasteiger partial charge in [0.1, 0.15) is 0 Å². The van der Waals surface area contributed by atoms with Gasteiger partial charge in [-0.25, -0.2) is 8.42 Å². The molecule has 1 aromatic carbocycles. The average Bonchev–Trinajstić information content (AvgIpc) is 3.16. The highest BCUT2D eigenvalue weighted by Gasteiger charge is 2.31. The van der Waals surface area contributed by atoms with Crippen LogP contribution in [-0.4, -0.2) is 61.5 Å². The van der Waals surface area contributed by atoms with Crippen LogP contribution >= 0.6 is 0 Å². The summed E-state index contributed by atoms with van der Waals surface area (Å²) in [5, 5.41) is 0. The number of ether oxygens (including phenoxy) is 2. The van der Waals surface area contributed by atoms with E-state index in [0.29, 0.717) is 30.2 Å². The molecule has 1 saturated heterocycles. The van der Waals surface area contributed by atoms with Gasteiger partial charge in [0, 0.05) is 44.6 Å². The van der Waals surface area contributed by atoms with Crippen molar-refractivity contribution in [3.63, 3.8) is 0 Å². The molecule has 0 atom stereocenters. The fraction of sp³-hybridized carbons (Fsp3) is 0.294. The van der Waals surface area contributed by atoms with Crippen LogP contribution in [0.3, 0.4) is 0 Å². The second-order valence-electron chi connectivity index (χ2n) is 5.95. The van der Waals surface area contributed by atoms with Crippen LogP contribution in [0.15, 0.2) is 47.6 Å². The third-order valence-electron chi connectivity index (χ3n) is 4.42. The maximum atomic E-state index is 12.8. The van der Waals surface area contributed by atoms with Crippen LogP contribution in [0.1, 0.15) is 10.4 Å². The monoisotopic (exact) mass is 375 g/mol. The zero-order chi connectivity index (χ0) is 18.1. The van der Waals surface area contributed by atoms with E-state index in [9.17, 15) is 13.2 Å². The second kappa shape index (κ2) is 6.58. The number of aromatic nitrogens is 1. The van der Waals surface area contributed by atoms with Crippen molar-refractivity contribution >= 4 is 15.9 Å². The standard InChI is InChI=1S/C17H17N3O5S/c21-17(13-2-1-5-18-11-13)19-6-8-20(9-7-19)26(22,23)14-3-4-15-16(10-14)25-12-24-15/h1-5,10-11H,6-9,12H2. The number of amides is 1. The van der Waals surface area contributed by atoms with Gasteiger partial charge in [0.25, 0.3) is 5.91 Å². The zero-order valence-corrected chi connectivity index (χ0v) is 14.7. The van der Waals surface area contributed by atoms with Crippen molar-refractivity contribution in [2.75, 3.05) is 33.0 Å². The number of pyridine rings is 1. The molecule has 0 spiro atoms. The van der Waals surface area contributed by atoms with E-state index < -0.39 is 10.0 Å². The molecule has 1 amide bonds. The Morgan fingerprint density at radius 3 is 2.54 bits per heavy atom. The van der Waals surface area contributed by atoms with Crippen molar-refractivity contribution in [2.45, 2.75) is 4.90 Å². The van der Waals surface area contributed by atoms with E-state index in [2.05, 4.69) is 4.98 Å². The molecule has 1 aromatic heterocycles. The summed E-state index contributed by atoms with van der Waals surface area (Å²) >= 11 is 0. The van der Waals surface area contributed by atoms with E-state index in [4.69, 9.17) is 9.47 Å². The van der Waals surface area contributed by atoms with E-state index in [-0.39, 0.29) is 30.7 Å². The molecule has 8 nitrogen and oxygen atoms in total. The molecular formula is C17H17N3O5S. The third kappa shape index (κ3) is 2.99. The lowest BCUT2D eigenvalue weighted by Crippen LogP contribution is -2.50. The highest BCUT2D eigenvalue weighted by Crippen LogP contribution is 2.34. The first-order chi connectivity index (χ1) is 12.6. The van der Waals surface area contributed by atoms with Crippen LogP contribution in [-0.2, 0) is 10.0 Å². The first kappa shape index (κ1) is 16.8. The lowest BCUT2D eigenvalue weighted by atomic mass is 10.2. The van der Waals surface area contributed by atoms with E-state index in [1.165, 1.54) is 22.6 Å². The zero-order valence-electron chi connectivity index (χ0n) is 13.9. The number of benzene rings is 1. The largest absolute Gasteiger partial charge is 0.454 e. The molecule has 2 aromatic rings. The van der Waals surface area contributed by atoms with Crippen molar-refractivity contribution in [1.82, 2.24) is 14.2 Å². The fourth-order valence-corrected chi connectivity index (χ4v) is 4.43. The molecule has 1 fully saturated rings. The SMILES string of the molecule is O=C(c1cccnc1)N1CCN(S(=O)(=O)c2ccc3c(c2)OCO3)CC1. The van der Waals surface area contributed by atoms with Crippen molar-refractivity contribution in [3.05, 3.63) is 48.3 Å². The van der Waals surface area contributed by atoms with Crippen LogP contribution in [0, 0.1) is 0 Å². The van der Waals surface area contributed by atoms with Gasteiger partial charge in [0.2, 0.25) is 16.8 Å². The van der Waals surface area contributed by atoms with E-state index >= 15 is 0 Å². The first-order valence-corrected chi connectivity index (χ1v) is 9.59. The molecule has 0 saturated carbocycles. The van der Waals surface area contributed by atoms with Gasteiger partial charge >= 0.3 is 0 Å². The number of carbonyl (C=O) groups is 1. The first-order valence-electron chi connectivity index (χ1n) is 8.15. The number of piperazine rings is 1. The van der Waals surface area contributed by atoms with E-state index in [0.717, 1.165) is 0 Å². The van der Waals surface area contributed by atoms with Crippen molar-refractivity contribution in [3.8, 4) is 11.5 Å². The van der Waals surface area contributed by atoms with Gasteiger partial charge in [-0.3, -0.25) is 9.78 Å². The Morgan fingerprint density at radius 1 is 1.04 bits per heavy atom. The summed E-state index contributed by atoms with van der Waals surface area (Å²) in [5.74, 6) is 0.825. The maximum Gasteiger partial charge on any atom is 0.255 e. The highest BCUT2D eigenvalue weighted by molar-refractivity contribution is 7.89. The van der Waals surface area contributed by atoms with Crippen LogP contribution in [0.5, 0.6) is 11.5 Å². The van der Waals surface area contributed by atoms with E-state index in [1.54, 1.807) is 29.3 Å². The van der Waals surface area contributed by atoms with Gasteiger partial charge in [0.15, 0.2) is 11.5 Å². The molecule has 136 valence electrons.